The highest BCUT2D eigenvalue weighted by Gasteiger charge is 2.13. The smallest absolute Gasteiger partial charge is 0.158 e. The minimum Gasteiger partial charge on any atom is -0.497 e. The van der Waals surface area contributed by atoms with E-state index in [1.54, 1.807) is 13.2 Å². The molecule has 0 heterocycles. The SMILES string of the molecule is COC1=C(OCCO)C=C(N)CC1. The van der Waals surface area contributed by atoms with Crippen LogP contribution in [0.4, 0.5) is 0 Å². The van der Waals surface area contributed by atoms with E-state index in [9.17, 15) is 0 Å². The third-order valence-electron chi connectivity index (χ3n) is 1.83. The molecule has 0 aromatic carbocycles. The van der Waals surface area contributed by atoms with Gasteiger partial charge in [-0.1, -0.05) is 0 Å². The Labute approximate surface area is 77.6 Å². The van der Waals surface area contributed by atoms with Gasteiger partial charge in [-0.2, -0.15) is 0 Å². The van der Waals surface area contributed by atoms with Gasteiger partial charge in [0.1, 0.15) is 12.4 Å². The van der Waals surface area contributed by atoms with Gasteiger partial charge in [0, 0.05) is 18.2 Å². The van der Waals surface area contributed by atoms with Crippen molar-refractivity contribution in [3.05, 3.63) is 23.3 Å². The Balaban J connectivity index is 2.67. The zero-order valence-corrected chi connectivity index (χ0v) is 7.75. The summed E-state index contributed by atoms with van der Waals surface area (Å²) in [7, 11) is 1.60. The molecule has 74 valence electrons. The standard InChI is InChI=1S/C9H15NO3/c1-12-8-3-2-7(10)6-9(8)13-5-4-11/h6,11H,2-5,10H2,1H3. The summed E-state index contributed by atoms with van der Waals surface area (Å²) in [6.45, 7) is 0.264. The van der Waals surface area contributed by atoms with Crippen molar-refractivity contribution in [3.8, 4) is 0 Å². The molecule has 0 saturated carbocycles. The van der Waals surface area contributed by atoms with Gasteiger partial charge in [-0.3, -0.25) is 0 Å². The average Bonchev–Trinajstić information content (AvgIpc) is 2.15. The number of rotatable bonds is 4. The lowest BCUT2D eigenvalue weighted by atomic mass is 10.1. The van der Waals surface area contributed by atoms with E-state index in [0.29, 0.717) is 5.76 Å². The van der Waals surface area contributed by atoms with Gasteiger partial charge in [0.2, 0.25) is 0 Å². The normalized spacial score (nSPS) is 16.9. The minimum atomic E-state index is -0.00572. The van der Waals surface area contributed by atoms with Crippen LogP contribution in [0, 0.1) is 0 Å². The highest BCUT2D eigenvalue weighted by molar-refractivity contribution is 5.25. The predicted molar refractivity (Wildman–Crippen MR) is 48.6 cm³/mol. The highest BCUT2D eigenvalue weighted by atomic mass is 16.5. The number of hydrogen-bond donors (Lipinski definition) is 2. The maximum atomic E-state index is 8.58. The van der Waals surface area contributed by atoms with E-state index < -0.39 is 0 Å². The van der Waals surface area contributed by atoms with Crippen molar-refractivity contribution < 1.29 is 14.6 Å². The maximum absolute atomic E-state index is 8.58. The fraction of sp³-hybridized carbons (Fsp3) is 0.556. The van der Waals surface area contributed by atoms with E-state index in [-0.39, 0.29) is 13.2 Å². The Bertz CT molecular complexity index is 233. The maximum Gasteiger partial charge on any atom is 0.158 e. The Hall–Kier alpha value is -1.16. The first-order chi connectivity index (χ1) is 6.27. The summed E-state index contributed by atoms with van der Waals surface area (Å²) in [6.07, 6.45) is 3.31. The molecule has 0 aromatic heterocycles. The number of ether oxygens (including phenoxy) is 2. The zero-order chi connectivity index (χ0) is 9.68. The largest absolute Gasteiger partial charge is 0.497 e. The summed E-state index contributed by atoms with van der Waals surface area (Å²) >= 11 is 0. The highest BCUT2D eigenvalue weighted by Crippen LogP contribution is 2.22. The van der Waals surface area contributed by atoms with E-state index >= 15 is 0 Å². The summed E-state index contributed by atoms with van der Waals surface area (Å²) < 4.78 is 10.4. The van der Waals surface area contributed by atoms with Crippen molar-refractivity contribution in [1.82, 2.24) is 0 Å². The third-order valence-corrected chi connectivity index (χ3v) is 1.83. The van der Waals surface area contributed by atoms with Crippen molar-refractivity contribution >= 4 is 0 Å². The number of allylic oxidation sites excluding steroid dienone is 3. The minimum absolute atomic E-state index is 0.00572. The molecule has 3 N–H and O–H groups in total. The molecule has 0 fully saturated rings. The van der Waals surface area contributed by atoms with Gasteiger partial charge in [-0.05, 0) is 6.42 Å². The van der Waals surface area contributed by atoms with Crippen LogP contribution in [0.2, 0.25) is 0 Å². The second kappa shape index (κ2) is 4.77. The van der Waals surface area contributed by atoms with Crippen LogP contribution in [0.3, 0.4) is 0 Å². The molecule has 0 aromatic rings. The lowest BCUT2D eigenvalue weighted by Crippen LogP contribution is -2.10. The lowest BCUT2D eigenvalue weighted by Gasteiger charge is -2.17. The summed E-state index contributed by atoms with van der Waals surface area (Å²) in [5.41, 5.74) is 6.43. The summed E-state index contributed by atoms with van der Waals surface area (Å²) in [4.78, 5) is 0. The fourth-order valence-corrected chi connectivity index (χ4v) is 1.18. The molecule has 0 aliphatic heterocycles. The molecule has 0 amide bonds. The molecule has 1 rings (SSSR count). The van der Waals surface area contributed by atoms with Gasteiger partial charge in [-0.15, -0.1) is 0 Å². The van der Waals surface area contributed by atoms with Gasteiger partial charge >= 0.3 is 0 Å². The molecule has 0 atom stereocenters. The molecular formula is C9H15NO3. The molecule has 1 aliphatic carbocycles. The first kappa shape index (κ1) is 9.92. The molecule has 0 saturated heterocycles. The topological polar surface area (TPSA) is 64.7 Å². The molecule has 0 radical (unpaired) electrons. The molecule has 1 aliphatic rings. The Morgan fingerprint density at radius 3 is 2.92 bits per heavy atom. The van der Waals surface area contributed by atoms with Crippen molar-refractivity contribution in [2.45, 2.75) is 12.8 Å². The number of hydrogen-bond acceptors (Lipinski definition) is 4. The quantitative estimate of drug-likeness (QED) is 0.669. The van der Waals surface area contributed by atoms with E-state index in [0.717, 1.165) is 24.3 Å². The van der Waals surface area contributed by atoms with Crippen LogP contribution in [0.1, 0.15) is 12.8 Å². The molecular weight excluding hydrogens is 170 g/mol. The Kier molecular flexibility index (Phi) is 3.64. The molecule has 4 heteroatoms. The number of aliphatic hydroxyl groups excluding tert-OH is 1. The van der Waals surface area contributed by atoms with Crippen molar-refractivity contribution in [2.24, 2.45) is 5.73 Å². The van der Waals surface area contributed by atoms with Crippen LogP contribution in [-0.4, -0.2) is 25.4 Å². The van der Waals surface area contributed by atoms with Crippen molar-refractivity contribution in [3.63, 3.8) is 0 Å². The van der Waals surface area contributed by atoms with E-state index in [1.807, 2.05) is 0 Å². The van der Waals surface area contributed by atoms with Crippen LogP contribution in [0.5, 0.6) is 0 Å². The van der Waals surface area contributed by atoms with E-state index in [4.69, 9.17) is 20.3 Å². The fourth-order valence-electron chi connectivity index (χ4n) is 1.18. The predicted octanol–water partition coefficient (Wildman–Crippen LogP) is 0.490. The van der Waals surface area contributed by atoms with E-state index in [2.05, 4.69) is 0 Å². The Morgan fingerprint density at radius 1 is 1.54 bits per heavy atom. The van der Waals surface area contributed by atoms with Gasteiger partial charge in [-0.25, -0.2) is 0 Å². The van der Waals surface area contributed by atoms with Crippen LogP contribution in [-0.2, 0) is 9.47 Å². The average molecular weight is 185 g/mol. The van der Waals surface area contributed by atoms with Gasteiger partial charge < -0.3 is 20.3 Å². The molecule has 0 spiro atoms. The monoisotopic (exact) mass is 185 g/mol. The molecule has 4 nitrogen and oxygen atoms in total. The first-order valence-electron chi connectivity index (χ1n) is 4.24. The van der Waals surface area contributed by atoms with Gasteiger partial charge in [0.15, 0.2) is 5.76 Å². The van der Waals surface area contributed by atoms with Crippen LogP contribution in [0.15, 0.2) is 23.3 Å². The summed E-state index contributed by atoms with van der Waals surface area (Å²) in [5.74, 6) is 1.43. The van der Waals surface area contributed by atoms with Crippen molar-refractivity contribution in [2.75, 3.05) is 20.3 Å². The second-order valence-corrected chi connectivity index (χ2v) is 2.78. The van der Waals surface area contributed by atoms with Crippen LogP contribution >= 0.6 is 0 Å². The lowest BCUT2D eigenvalue weighted by molar-refractivity contribution is 0.133. The summed E-state index contributed by atoms with van der Waals surface area (Å²) in [5, 5.41) is 8.58. The third kappa shape index (κ3) is 2.66. The van der Waals surface area contributed by atoms with Crippen LogP contribution in [0.25, 0.3) is 0 Å². The summed E-state index contributed by atoms with van der Waals surface area (Å²) in [6, 6.07) is 0. The number of methoxy groups -OCH3 is 1. The number of aliphatic hydroxyl groups is 1. The van der Waals surface area contributed by atoms with Crippen molar-refractivity contribution in [1.29, 1.82) is 0 Å². The molecule has 13 heavy (non-hydrogen) atoms. The Morgan fingerprint density at radius 2 is 2.31 bits per heavy atom. The van der Waals surface area contributed by atoms with Gasteiger partial charge in [0.05, 0.1) is 13.7 Å². The van der Waals surface area contributed by atoms with Gasteiger partial charge in [0.25, 0.3) is 0 Å². The number of nitrogens with two attached hydrogens (primary N) is 1. The first-order valence-corrected chi connectivity index (χ1v) is 4.24. The zero-order valence-electron chi connectivity index (χ0n) is 7.75. The second-order valence-electron chi connectivity index (χ2n) is 2.78. The van der Waals surface area contributed by atoms with Crippen LogP contribution < -0.4 is 5.73 Å². The molecule has 0 unspecified atom stereocenters. The van der Waals surface area contributed by atoms with E-state index in [1.165, 1.54) is 0 Å². The molecule has 0 bridgehead atoms.